The van der Waals surface area contributed by atoms with Crippen molar-refractivity contribution < 1.29 is 0 Å². The summed E-state index contributed by atoms with van der Waals surface area (Å²) in [5.74, 6) is 0. The molecule has 0 nitrogen and oxygen atoms in total. The summed E-state index contributed by atoms with van der Waals surface area (Å²) in [4.78, 5) is 0. The quantitative estimate of drug-likeness (QED) is 0.531. The largest absolute Gasteiger partial charge is 0.197 e. The SMILES string of the molecule is S.c1ccc2c(c1)sc1ccccc12. The minimum Gasteiger partial charge on any atom is -0.197 e. The molecule has 0 saturated carbocycles. The van der Waals surface area contributed by atoms with Crippen molar-refractivity contribution in [3.8, 4) is 0 Å². The van der Waals surface area contributed by atoms with Gasteiger partial charge in [-0.3, -0.25) is 0 Å². The third-order valence-electron chi connectivity index (χ3n) is 2.28. The van der Waals surface area contributed by atoms with Crippen molar-refractivity contribution in [3.05, 3.63) is 48.5 Å². The summed E-state index contributed by atoms with van der Waals surface area (Å²) in [5.41, 5.74) is 0. The highest BCUT2D eigenvalue weighted by atomic mass is 32.1. The van der Waals surface area contributed by atoms with Crippen LogP contribution in [0.2, 0.25) is 0 Å². The Balaban J connectivity index is 0.000000750. The number of rotatable bonds is 0. The van der Waals surface area contributed by atoms with E-state index in [4.69, 9.17) is 0 Å². The highest BCUT2D eigenvalue weighted by molar-refractivity contribution is 7.59. The Morgan fingerprint density at radius 3 is 1.57 bits per heavy atom. The maximum atomic E-state index is 2.19. The van der Waals surface area contributed by atoms with E-state index < -0.39 is 0 Å². The van der Waals surface area contributed by atoms with E-state index in [1.165, 1.54) is 20.2 Å². The van der Waals surface area contributed by atoms with E-state index in [1.54, 1.807) is 0 Å². The molecule has 0 spiro atoms. The van der Waals surface area contributed by atoms with Crippen molar-refractivity contribution in [2.75, 3.05) is 0 Å². The molecule has 0 aliphatic carbocycles. The fraction of sp³-hybridized carbons (Fsp3) is 0. The van der Waals surface area contributed by atoms with Crippen LogP contribution in [-0.2, 0) is 0 Å². The van der Waals surface area contributed by atoms with Crippen LogP contribution in [0, 0.1) is 0 Å². The van der Waals surface area contributed by atoms with Crippen LogP contribution in [0.4, 0.5) is 0 Å². The molecule has 14 heavy (non-hydrogen) atoms. The fourth-order valence-electron chi connectivity index (χ4n) is 1.67. The monoisotopic (exact) mass is 218 g/mol. The molecule has 2 heteroatoms. The maximum Gasteiger partial charge on any atom is 0.0355 e. The van der Waals surface area contributed by atoms with Gasteiger partial charge < -0.3 is 0 Å². The smallest absolute Gasteiger partial charge is 0.0355 e. The topological polar surface area (TPSA) is 0 Å². The molecule has 0 radical (unpaired) electrons. The van der Waals surface area contributed by atoms with Crippen LogP contribution in [0.3, 0.4) is 0 Å². The predicted molar refractivity (Wildman–Crippen MR) is 69.7 cm³/mol. The summed E-state index contributed by atoms with van der Waals surface area (Å²) in [5, 5.41) is 2.76. The highest BCUT2D eigenvalue weighted by Crippen LogP contribution is 2.32. The van der Waals surface area contributed by atoms with E-state index in [2.05, 4.69) is 48.5 Å². The molecule has 0 bridgehead atoms. The maximum absolute atomic E-state index is 2.19. The zero-order valence-electron chi connectivity index (χ0n) is 7.53. The van der Waals surface area contributed by atoms with E-state index in [0.29, 0.717) is 0 Å². The number of hydrogen-bond acceptors (Lipinski definition) is 1. The Kier molecular flexibility index (Phi) is 2.48. The van der Waals surface area contributed by atoms with Crippen molar-refractivity contribution in [1.29, 1.82) is 0 Å². The molecule has 3 aromatic rings. The van der Waals surface area contributed by atoms with Crippen LogP contribution in [0.15, 0.2) is 48.5 Å². The van der Waals surface area contributed by atoms with Gasteiger partial charge in [0, 0.05) is 20.2 Å². The highest BCUT2D eigenvalue weighted by Gasteiger charge is 2.01. The van der Waals surface area contributed by atoms with E-state index in [0.717, 1.165) is 0 Å². The molecule has 0 amide bonds. The van der Waals surface area contributed by atoms with Crippen LogP contribution >= 0.6 is 24.8 Å². The summed E-state index contributed by atoms with van der Waals surface area (Å²) >= 11 is 1.86. The third kappa shape index (κ3) is 1.31. The Bertz CT molecular complexity index is 516. The molecule has 0 atom stereocenters. The van der Waals surface area contributed by atoms with Crippen LogP contribution in [0.5, 0.6) is 0 Å². The zero-order chi connectivity index (χ0) is 8.67. The third-order valence-corrected chi connectivity index (χ3v) is 3.44. The van der Waals surface area contributed by atoms with Crippen molar-refractivity contribution in [2.24, 2.45) is 0 Å². The van der Waals surface area contributed by atoms with Crippen molar-refractivity contribution >= 4 is 45.0 Å². The molecule has 3 rings (SSSR count). The second-order valence-corrected chi connectivity index (χ2v) is 4.18. The Labute approximate surface area is 93.6 Å². The van der Waals surface area contributed by atoms with Gasteiger partial charge in [0.05, 0.1) is 0 Å². The second kappa shape index (κ2) is 3.64. The van der Waals surface area contributed by atoms with Crippen molar-refractivity contribution in [2.45, 2.75) is 0 Å². The summed E-state index contributed by atoms with van der Waals surface area (Å²) in [7, 11) is 0. The van der Waals surface area contributed by atoms with Gasteiger partial charge in [0.1, 0.15) is 0 Å². The standard InChI is InChI=1S/C12H8S.H2S/c1-3-7-11-9(5-1)10-6-2-4-8-12(10)13-11;/h1-8H;1H2. The van der Waals surface area contributed by atoms with Gasteiger partial charge >= 0.3 is 0 Å². The van der Waals surface area contributed by atoms with Gasteiger partial charge in [-0.15, -0.1) is 11.3 Å². The van der Waals surface area contributed by atoms with E-state index in [-0.39, 0.29) is 13.5 Å². The number of benzene rings is 2. The van der Waals surface area contributed by atoms with Crippen LogP contribution in [0.25, 0.3) is 20.2 Å². The van der Waals surface area contributed by atoms with Gasteiger partial charge in [-0.05, 0) is 12.1 Å². The molecule has 0 fully saturated rings. The zero-order valence-corrected chi connectivity index (χ0v) is 9.34. The van der Waals surface area contributed by atoms with Gasteiger partial charge in [-0.1, -0.05) is 36.4 Å². The molecule has 1 aromatic heterocycles. The first-order chi connectivity index (χ1) is 6.45. The van der Waals surface area contributed by atoms with Crippen molar-refractivity contribution in [1.82, 2.24) is 0 Å². The first kappa shape index (κ1) is 9.56. The molecule has 0 unspecified atom stereocenters. The Morgan fingerprint density at radius 2 is 1.07 bits per heavy atom. The van der Waals surface area contributed by atoms with E-state index in [9.17, 15) is 0 Å². The Hall–Kier alpha value is -0.990. The number of hydrogen-bond donors (Lipinski definition) is 0. The first-order valence-electron chi connectivity index (χ1n) is 4.31. The molecule has 0 aliphatic rings. The normalized spacial score (nSPS) is 10.3. The lowest BCUT2D eigenvalue weighted by atomic mass is 10.2. The van der Waals surface area contributed by atoms with E-state index in [1.807, 2.05) is 11.3 Å². The molecule has 70 valence electrons. The van der Waals surface area contributed by atoms with Crippen LogP contribution in [-0.4, -0.2) is 0 Å². The van der Waals surface area contributed by atoms with Gasteiger partial charge in [-0.2, -0.15) is 13.5 Å². The fourth-order valence-corrected chi connectivity index (χ4v) is 2.78. The Morgan fingerprint density at radius 1 is 0.643 bits per heavy atom. The summed E-state index contributed by atoms with van der Waals surface area (Å²) < 4.78 is 2.76. The van der Waals surface area contributed by atoms with Crippen molar-refractivity contribution in [3.63, 3.8) is 0 Å². The minimum absolute atomic E-state index is 0. The molecular formula is C12H10S2. The van der Waals surface area contributed by atoms with Crippen LogP contribution < -0.4 is 0 Å². The average molecular weight is 218 g/mol. The van der Waals surface area contributed by atoms with Gasteiger partial charge in [-0.25, -0.2) is 0 Å². The molecule has 0 saturated heterocycles. The number of thiophene rings is 1. The lowest BCUT2D eigenvalue weighted by Gasteiger charge is -1.88. The van der Waals surface area contributed by atoms with E-state index >= 15 is 0 Å². The second-order valence-electron chi connectivity index (χ2n) is 3.09. The predicted octanol–water partition coefficient (Wildman–Crippen LogP) is 4.17. The summed E-state index contributed by atoms with van der Waals surface area (Å²) in [6.07, 6.45) is 0. The molecule has 1 heterocycles. The minimum atomic E-state index is 0. The van der Waals surface area contributed by atoms with Gasteiger partial charge in [0.25, 0.3) is 0 Å². The molecule has 2 aromatic carbocycles. The number of fused-ring (bicyclic) bond motifs is 3. The van der Waals surface area contributed by atoms with Crippen LogP contribution in [0.1, 0.15) is 0 Å². The van der Waals surface area contributed by atoms with Gasteiger partial charge in [0.2, 0.25) is 0 Å². The lowest BCUT2D eigenvalue weighted by Crippen LogP contribution is -1.62. The summed E-state index contributed by atoms with van der Waals surface area (Å²) in [6, 6.07) is 17.1. The molecule has 0 N–H and O–H groups in total. The molecule has 0 aliphatic heterocycles. The average Bonchev–Trinajstić information content (AvgIpc) is 2.56. The molecular weight excluding hydrogens is 208 g/mol. The van der Waals surface area contributed by atoms with Gasteiger partial charge in [0.15, 0.2) is 0 Å². The summed E-state index contributed by atoms with van der Waals surface area (Å²) in [6.45, 7) is 0. The lowest BCUT2D eigenvalue weighted by molar-refractivity contribution is 1.84. The first-order valence-corrected chi connectivity index (χ1v) is 5.13.